The van der Waals surface area contributed by atoms with Crippen molar-refractivity contribution < 1.29 is 14.6 Å². The molecule has 2 N–H and O–H groups in total. The van der Waals surface area contributed by atoms with E-state index in [4.69, 9.17) is 9.84 Å². The Morgan fingerprint density at radius 1 is 1.40 bits per heavy atom. The van der Waals surface area contributed by atoms with Crippen LogP contribution in [0.2, 0.25) is 0 Å². The molecule has 136 valence electrons. The molecule has 1 atom stereocenters. The van der Waals surface area contributed by atoms with Gasteiger partial charge in [-0.15, -0.1) is 0 Å². The van der Waals surface area contributed by atoms with Gasteiger partial charge < -0.3 is 15.2 Å². The van der Waals surface area contributed by atoms with E-state index >= 15 is 0 Å². The van der Waals surface area contributed by atoms with Crippen LogP contribution in [0, 0.1) is 0 Å². The van der Waals surface area contributed by atoms with Gasteiger partial charge in [-0.1, -0.05) is 0 Å². The Balaban J connectivity index is 1.55. The van der Waals surface area contributed by atoms with Crippen molar-refractivity contribution in [2.75, 3.05) is 39.5 Å². The van der Waals surface area contributed by atoms with Gasteiger partial charge in [0, 0.05) is 44.7 Å². The molecule has 0 aromatic carbocycles. The second-order valence-electron chi connectivity index (χ2n) is 6.30. The van der Waals surface area contributed by atoms with Crippen molar-refractivity contribution in [1.29, 1.82) is 0 Å². The number of carbonyl (C=O) groups is 1. The van der Waals surface area contributed by atoms with Gasteiger partial charge in [0.25, 0.3) is 5.91 Å². The molecular weight excluding hydrogens is 322 g/mol. The van der Waals surface area contributed by atoms with Gasteiger partial charge in [-0.2, -0.15) is 5.10 Å². The van der Waals surface area contributed by atoms with Crippen LogP contribution < -0.4 is 5.32 Å². The number of aliphatic hydroxyl groups is 1. The van der Waals surface area contributed by atoms with Crippen LogP contribution in [-0.4, -0.2) is 76.0 Å². The van der Waals surface area contributed by atoms with Gasteiger partial charge in [-0.05, 0) is 25.3 Å². The predicted molar refractivity (Wildman–Crippen MR) is 92.6 cm³/mol. The van der Waals surface area contributed by atoms with Crippen molar-refractivity contribution in [3.05, 3.63) is 29.7 Å². The van der Waals surface area contributed by atoms with Crippen molar-refractivity contribution in [1.82, 2.24) is 24.8 Å². The number of hydrogen-bond donors (Lipinski definition) is 2. The van der Waals surface area contributed by atoms with E-state index < -0.39 is 0 Å². The van der Waals surface area contributed by atoms with Gasteiger partial charge in [0.1, 0.15) is 5.56 Å². The minimum absolute atomic E-state index is 0.0587. The van der Waals surface area contributed by atoms with Crippen LogP contribution in [0.3, 0.4) is 0 Å². The molecule has 8 nitrogen and oxygen atoms in total. The average Bonchev–Trinajstić information content (AvgIpc) is 3.06. The molecule has 0 radical (unpaired) electrons. The standard InChI is InChI=1S/C17H25N5O3/c1-13(21-5-8-25-9-6-21)2-4-18-17(24)15-11-20-22-12-14(3-7-23)10-19-16(15)22/h10-13,23H,2-9H2,1H3,(H,18,24). The highest BCUT2D eigenvalue weighted by atomic mass is 16.5. The van der Waals surface area contributed by atoms with Crippen molar-refractivity contribution in [3.8, 4) is 0 Å². The summed E-state index contributed by atoms with van der Waals surface area (Å²) in [5.41, 5.74) is 1.87. The summed E-state index contributed by atoms with van der Waals surface area (Å²) in [7, 11) is 0. The molecule has 1 unspecified atom stereocenters. The number of amides is 1. The number of ether oxygens (including phenoxy) is 1. The van der Waals surface area contributed by atoms with Crippen molar-refractivity contribution >= 4 is 11.6 Å². The van der Waals surface area contributed by atoms with Crippen LogP contribution in [0.25, 0.3) is 5.65 Å². The van der Waals surface area contributed by atoms with Gasteiger partial charge in [0.15, 0.2) is 5.65 Å². The van der Waals surface area contributed by atoms with E-state index in [0.29, 0.717) is 30.2 Å². The maximum atomic E-state index is 12.4. The topological polar surface area (TPSA) is 92.0 Å². The summed E-state index contributed by atoms with van der Waals surface area (Å²) in [6, 6.07) is 0.410. The zero-order valence-corrected chi connectivity index (χ0v) is 14.5. The summed E-state index contributed by atoms with van der Waals surface area (Å²) in [5, 5.41) is 16.1. The Kier molecular flexibility index (Phi) is 5.95. The first-order valence-electron chi connectivity index (χ1n) is 8.72. The molecule has 2 aromatic rings. The van der Waals surface area contributed by atoms with E-state index in [1.54, 1.807) is 16.9 Å². The van der Waals surface area contributed by atoms with E-state index in [0.717, 1.165) is 38.3 Å². The Bertz CT molecular complexity index is 711. The maximum Gasteiger partial charge on any atom is 0.256 e. The summed E-state index contributed by atoms with van der Waals surface area (Å²) in [5.74, 6) is -0.161. The summed E-state index contributed by atoms with van der Waals surface area (Å²) in [6.45, 7) is 6.30. The SMILES string of the molecule is CC(CCNC(=O)c1cnn2cc(CCO)cnc12)N1CCOCC1. The van der Waals surface area contributed by atoms with Crippen molar-refractivity contribution in [2.45, 2.75) is 25.8 Å². The normalized spacial score (nSPS) is 16.9. The molecule has 1 aliphatic heterocycles. The maximum absolute atomic E-state index is 12.4. The Morgan fingerprint density at radius 3 is 2.96 bits per heavy atom. The highest BCUT2D eigenvalue weighted by molar-refractivity contribution is 5.99. The monoisotopic (exact) mass is 347 g/mol. The number of nitrogens with zero attached hydrogens (tertiary/aromatic N) is 4. The van der Waals surface area contributed by atoms with Gasteiger partial charge in [0.05, 0.1) is 19.4 Å². The summed E-state index contributed by atoms with van der Waals surface area (Å²) in [6.07, 6.45) is 6.40. The lowest BCUT2D eigenvalue weighted by atomic mass is 10.2. The van der Waals surface area contributed by atoms with Crippen LogP contribution >= 0.6 is 0 Å². The number of aromatic nitrogens is 3. The molecule has 0 aliphatic carbocycles. The number of fused-ring (bicyclic) bond motifs is 1. The third-order valence-corrected chi connectivity index (χ3v) is 4.57. The average molecular weight is 347 g/mol. The third kappa shape index (κ3) is 4.33. The fourth-order valence-electron chi connectivity index (χ4n) is 3.02. The van der Waals surface area contributed by atoms with E-state index in [2.05, 4.69) is 27.2 Å². The third-order valence-electron chi connectivity index (χ3n) is 4.57. The van der Waals surface area contributed by atoms with Crippen LogP contribution in [-0.2, 0) is 11.2 Å². The highest BCUT2D eigenvalue weighted by Crippen LogP contribution is 2.10. The molecule has 0 saturated carbocycles. The summed E-state index contributed by atoms with van der Waals surface area (Å²) < 4.78 is 6.94. The van der Waals surface area contributed by atoms with E-state index in [9.17, 15) is 4.79 Å². The van der Waals surface area contributed by atoms with Gasteiger partial charge in [-0.25, -0.2) is 9.50 Å². The molecule has 8 heteroatoms. The Hall–Kier alpha value is -2.03. The second-order valence-corrected chi connectivity index (χ2v) is 6.30. The van der Waals surface area contributed by atoms with Gasteiger partial charge in [-0.3, -0.25) is 9.69 Å². The molecule has 0 bridgehead atoms. The molecule has 1 fully saturated rings. The smallest absolute Gasteiger partial charge is 0.256 e. The molecular formula is C17H25N5O3. The first-order chi connectivity index (χ1) is 12.2. The second kappa shape index (κ2) is 8.37. The molecule has 3 rings (SSSR count). The fraction of sp³-hybridized carbons (Fsp3) is 0.588. The van der Waals surface area contributed by atoms with Crippen LogP contribution in [0.15, 0.2) is 18.6 Å². The van der Waals surface area contributed by atoms with Crippen LogP contribution in [0.5, 0.6) is 0 Å². The molecule has 1 amide bonds. The van der Waals surface area contributed by atoms with E-state index in [1.165, 1.54) is 6.20 Å². The molecule has 1 saturated heterocycles. The molecule has 25 heavy (non-hydrogen) atoms. The molecule has 3 heterocycles. The lowest BCUT2D eigenvalue weighted by molar-refractivity contribution is 0.0187. The van der Waals surface area contributed by atoms with Crippen molar-refractivity contribution in [3.63, 3.8) is 0 Å². The van der Waals surface area contributed by atoms with E-state index in [1.807, 2.05) is 0 Å². The minimum Gasteiger partial charge on any atom is -0.396 e. The number of morpholine rings is 1. The van der Waals surface area contributed by atoms with Gasteiger partial charge in [0.2, 0.25) is 0 Å². The first-order valence-corrected chi connectivity index (χ1v) is 8.72. The number of nitrogens with one attached hydrogen (secondary N) is 1. The minimum atomic E-state index is -0.161. The number of aliphatic hydroxyl groups excluding tert-OH is 1. The predicted octanol–water partition coefficient (Wildman–Crippen LogP) is 0.105. The lowest BCUT2D eigenvalue weighted by Crippen LogP contribution is -2.43. The zero-order chi connectivity index (χ0) is 17.6. The summed E-state index contributed by atoms with van der Waals surface area (Å²) >= 11 is 0. The first kappa shape index (κ1) is 17.8. The van der Waals surface area contributed by atoms with Crippen molar-refractivity contribution in [2.24, 2.45) is 0 Å². The van der Waals surface area contributed by atoms with Gasteiger partial charge >= 0.3 is 0 Å². The number of rotatable bonds is 7. The quantitative estimate of drug-likeness (QED) is 0.738. The Labute approximate surface area is 146 Å². The summed E-state index contributed by atoms with van der Waals surface area (Å²) in [4.78, 5) is 19.1. The fourth-order valence-corrected chi connectivity index (χ4v) is 3.02. The molecule has 1 aliphatic rings. The van der Waals surface area contributed by atoms with Crippen LogP contribution in [0.4, 0.5) is 0 Å². The lowest BCUT2D eigenvalue weighted by Gasteiger charge is -2.32. The number of hydrogen-bond acceptors (Lipinski definition) is 6. The molecule has 0 spiro atoms. The zero-order valence-electron chi connectivity index (χ0n) is 14.5. The highest BCUT2D eigenvalue weighted by Gasteiger charge is 2.18. The number of carbonyl (C=O) groups excluding carboxylic acids is 1. The van der Waals surface area contributed by atoms with E-state index in [-0.39, 0.29) is 12.5 Å². The van der Waals surface area contributed by atoms with Crippen LogP contribution in [0.1, 0.15) is 29.3 Å². The largest absolute Gasteiger partial charge is 0.396 e. The molecule has 2 aromatic heterocycles. The Morgan fingerprint density at radius 2 is 2.20 bits per heavy atom.